The van der Waals surface area contributed by atoms with Crippen molar-refractivity contribution in [2.75, 3.05) is 32.8 Å². The third-order valence-corrected chi connectivity index (χ3v) is 3.84. The molecule has 17 heavy (non-hydrogen) atoms. The standard InChI is InChI=1S/C10H23N3O3S/c1-2-12-17(14,15)13-6-3-9-16-10-4-7-11-8-5-10/h10-13H,2-9H2,1H3. The summed E-state index contributed by atoms with van der Waals surface area (Å²) in [5.41, 5.74) is 0. The number of ether oxygens (including phenoxy) is 1. The van der Waals surface area contributed by atoms with Crippen LogP contribution in [0.3, 0.4) is 0 Å². The maximum Gasteiger partial charge on any atom is 0.276 e. The molecule has 3 N–H and O–H groups in total. The van der Waals surface area contributed by atoms with Gasteiger partial charge < -0.3 is 10.1 Å². The minimum absolute atomic E-state index is 0.335. The van der Waals surface area contributed by atoms with Crippen molar-refractivity contribution in [3.63, 3.8) is 0 Å². The van der Waals surface area contributed by atoms with Crippen LogP contribution < -0.4 is 14.8 Å². The Hall–Kier alpha value is -0.210. The summed E-state index contributed by atoms with van der Waals surface area (Å²) in [5, 5.41) is 3.27. The van der Waals surface area contributed by atoms with Gasteiger partial charge in [-0.15, -0.1) is 0 Å². The molecule has 6 nitrogen and oxygen atoms in total. The van der Waals surface area contributed by atoms with E-state index in [0.29, 0.717) is 32.2 Å². The van der Waals surface area contributed by atoms with E-state index in [0.717, 1.165) is 25.9 Å². The Kier molecular flexibility index (Phi) is 6.98. The van der Waals surface area contributed by atoms with Gasteiger partial charge in [0.05, 0.1) is 6.10 Å². The van der Waals surface area contributed by atoms with Crippen LogP contribution in [0.2, 0.25) is 0 Å². The van der Waals surface area contributed by atoms with Gasteiger partial charge in [0.15, 0.2) is 0 Å². The molecule has 0 bridgehead atoms. The van der Waals surface area contributed by atoms with Crippen LogP contribution in [0.25, 0.3) is 0 Å². The first-order chi connectivity index (χ1) is 8.14. The molecule has 102 valence electrons. The van der Waals surface area contributed by atoms with Gasteiger partial charge in [-0.05, 0) is 32.4 Å². The fourth-order valence-electron chi connectivity index (χ4n) is 1.73. The summed E-state index contributed by atoms with van der Waals surface area (Å²) in [7, 11) is -3.30. The summed E-state index contributed by atoms with van der Waals surface area (Å²) in [6.45, 7) is 5.20. The second-order valence-corrected chi connectivity index (χ2v) is 5.65. The molecule has 1 heterocycles. The Morgan fingerprint density at radius 3 is 2.65 bits per heavy atom. The zero-order valence-corrected chi connectivity index (χ0v) is 11.2. The summed E-state index contributed by atoms with van der Waals surface area (Å²) in [5.74, 6) is 0. The average molecular weight is 265 g/mol. The molecule has 0 aromatic rings. The van der Waals surface area contributed by atoms with Gasteiger partial charge in [0, 0.05) is 19.7 Å². The van der Waals surface area contributed by atoms with Crippen molar-refractivity contribution in [2.24, 2.45) is 0 Å². The lowest BCUT2D eigenvalue weighted by Crippen LogP contribution is -2.37. The van der Waals surface area contributed by atoms with E-state index in [1.807, 2.05) is 0 Å². The summed E-state index contributed by atoms with van der Waals surface area (Å²) in [6, 6.07) is 0. The summed E-state index contributed by atoms with van der Waals surface area (Å²) >= 11 is 0. The minimum atomic E-state index is -3.30. The largest absolute Gasteiger partial charge is 0.378 e. The van der Waals surface area contributed by atoms with Crippen molar-refractivity contribution >= 4 is 10.2 Å². The first-order valence-electron chi connectivity index (χ1n) is 6.20. The van der Waals surface area contributed by atoms with Crippen LogP contribution in [0, 0.1) is 0 Å². The van der Waals surface area contributed by atoms with Crippen molar-refractivity contribution in [1.82, 2.24) is 14.8 Å². The molecule has 0 unspecified atom stereocenters. The third kappa shape index (κ3) is 6.95. The summed E-state index contributed by atoms with van der Waals surface area (Å²) < 4.78 is 33.0. The van der Waals surface area contributed by atoms with E-state index >= 15 is 0 Å². The molecular weight excluding hydrogens is 242 g/mol. The average Bonchev–Trinajstić information content (AvgIpc) is 2.30. The highest BCUT2D eigenvalue weighted by Crippen LogP contribution is 2.06. The van der Waals surface area contributed by atoms with Crippen LogP contribution in [0.4, 0.5) is 0 Å². The van der Waals surface area contributed by atoms with Crippen molar-refractivity contribution < 1.29 is 13.2 Å². The summed E-state index contributed by atoms with van der Waals surface area (Å²) in [4.78, 5) is 0. The second-order valence-electron chi connectivity index (χ2n) is 4.07. The molecule has 0 saturated carbocycles. The van der Waals surface area contributed by atoms with Crippen molar-refractivity contribution in [3.05, 3.63) is 0 Å². The van der Waals surface area contributed by atoms with Gasteiger partial charge in [0.1, 0.15) is 0 Å². The van der Waals surface area contributed by atoms with E-state index < -0.39 is 10.2 Å². The van der Waals surface area contributed by atoms with Crippen LogP contribution in [-0.4, -0.2) is 47.3 Å². The van der Waals surface area contributed by atoms with Crippen LogP contribution >= 0.6 is 0 Å². The monoisotopic (exact) mass is 265 g/mol. The SMILES string of the molecule is CCNS(=O)(=O)NCCCOC1CCNCC1. The molecule has 1 rings (SSSR count). The quantitative estimate of drug-likeness (QED) is 0.521. The molecule has 0 aromatic heterocycles. The Morgan fingerprint density at radius 2 is 2.00 bits per heavy atom. The van der Waals surface area contributed by atoms with Gasteiger partial charge in [0.2, 0.25) is 0 Å². The van der Waals surface area contributed by atoms with Gasteiger partial charge in [-0.2, -0.15) is 8.42 Å². The summed E-state index contributed by atoms with van der Waals surface area (Å²) in [6.07, 6.45) is 3.13. The lowest BCUT2D eigenvalue weighted by atomic mass is 10.1. The van der Waals surface area contributed by atoms with Gasteiger partial charge in [-0.3, -0.25) is 0 Å². The van der Waals surface area contributed by atoms with Crippen molar-refractivity contribution in [1.29, 1.82) is 0 Å². The molecule has 1 fully saturated rings. The number of hydrogen-bond donors (Lipinski definition) is 3. The van der Waals surface area contributed by atoms with Crippen LogP contribution in [0.15, 0.2) is 0 Å². The highest BCUT2D eigenvalue weighted by molar-refractivity contribution is 7.87. The Labute approximate surface area is 104 Å². The molecule has 1 aliphatic rings. The van der Waals surface area contributed by atoms with Gasteiger partial charge in [0.25, 0.3) is 10.2 Å². The second kappa shape index (κ2) is 7.99. The van der Waals surface area contributed by atoms with Crippen LogP contribution in [0.1, 0.15) is 26.2 Å². The molecular formula is C10H23N3O3S. The van der Waals surface area contributed by atoms with E-state index in [2.05, 4.69) is 14.8 Å². The molecule has 0 atom stereocenters. The van der Waals surface area contributed by atoms with Gasteiger partial charge in [-0.25, -0.2) is 9.44 Å². The van der Waals surface area contributed by atoms with Gasteiger partial charge >= 0.3 is 0 Å². The predicted molar refractivity (Wildman–Crippen MR) is 67.1 cm³/mol. The van der Waals surface area contributed by atoms with E-state index in [1.54, 1.807) is 6.92 Å². The molecule has 0 radical (unpaired) electrons. The highest BCUT2D eigenvalue weighted by atomic mass is 32.2. The number of hydrogen-bond acceptors (Lipinski definition) is 4. The first-order valence-corrected chi connectivity index (χ1v) is 7.69. The fourth-order valence-corrected chi connectivity index (χ4v) is 2.63. The van der Waals surface area contributed by atoms with Crippen LogP contribution in [0.5, 0.6) is 0 Å². The van der Waals surface area contributed by atoms with E-state index in [-0.39, 0.29) is 0 Å². The van der Waals surface area contributed by atoms with E-state index in [4.69, 9.17) is 4.74 Å². The molecule has 0 aliphatic carbocycles. The lowest BCUT2D eigenvalue weighted by Gasteiger charge is -2.22. The lowest BCUT2D eigenvalue weighted by molar-refractivity contribution is 0.0322. The van der Waals surface area contributed by atoms with Crippen molar-refractivity contribution in [2.45, 2.75) is 32.3 Å². The smallest absolute Gasteiger partial charge is 0.276 e. The van der Waals surface area contributed by atoms with Crippen LogP contribution in [-0.2, 0) is 14.9 Å². The molecule has 0 spiro atoms. The maximum atomic E-state index is 11.2. The number of piperidine rings is 1. The highest BCUT2D eigenvalue weighted by Gasteiger charge is 2.12. The minimum Gasteiger partial charge on any atom is -0.378 e. The first kappa shape index (κ1) is 14.8. The Bertz CT molecular complexity index is 289. The molecule has 1 saturated heterocycles. The normalized spacial score (nSPS) is 18.4. The molecule has 7 heteroatoms. The van der Waals surface area contributed by atoms with Gasteiger partial charge in [-0.1, -0.05) is 6.92 Å². The zero-order chi connectivity index (χ0) is 12.6. The maximum absolute atomic E-state index is 11.2. The molecule has 0 amide bonds. The van der Waals surface area contributed by atoms with Crippen molar-refractivity contribution in [3.8, 4) is 0 Å². The third-order valence-electron chi connectivity index (χ3n) is 2.59. The zero-order valence-electron chi connectivity index (χ0n) is 10.4. The number of rotatable bonds is 8. The number of nitrogens with one attached hydrogen (secondary N) is 3. The fraction of sp³-hybridized carbons (Fsp3) is 1.00. The van der Waals surface area contributed by atoms with E-state index in [1.165, 1.54) is 0 Å². The van der Waals surface area contributed by atoms with E-state index in [9.17, 15) is 8.42 Å². The molecule has 0 aromatic carbocycles. The topological polar surface area (TPSA) is 79.5 Å². The predicted octanol–water partition coefficient (Wildman–Crippen LogP) is -0.411. The Balaban J connectivity index is 2.00. The molecule has 1 aliphatic heterocycles. The Morgan fingerprint density at radius 1 is 1.29 bits per heavy atom.